The van der Waals surface area contributed by atoms with Crippen molar-refractivity contribution in [2.45, 2.75) is 6.54 Å². The third-order valence-corrected chi connectivity index (χ3v) is 4.78. The Balaban J connectivity index is 2.22. The normalized spacial score (nSPS) is 11.7. The standard InChI is InChI=1S/C17H18N4O3S/c1-5-8-21-12-9-13(23-3)14(24-4)10-15(12)25-17(21)19-16(22)11-6-7-18-20(11)2/h5-7,9-10H,1,8H2,2-4H3. The molecular formula is C17H18N4O3S. The van der Waals surface area contributed by atoms with Crippen LogP contribution in [0.3, 0.4) is 0 Å². The minimum Gasteiger partial charge on any atom is -0.493 e. The lowest BCUT2D eigenvalue weighted by molar-refractivity contribution is 0.0989. The first kappa shape index (κ1) is 17.0. The van der Waals surface area contributed by atoms with E-state index >= 15 is 0 Å². The lowest BCUT2D eigenvalue weighted by atomic mass is 10.3. The highest BCUT2D eigenvalue weighted by molar-refractivity contribution is 7.16. The fourth-order valence-electron chi connectivity index (χ4n) is 2.52. The zero-order valence-electron chi connectivity index (χ0n) is 14.2. The molecule has 0 aliphatic heterocycles. The van der Waals surface area contributed by atoms with Gasteiger partial charge in [-0.2, -0.15) is 10.1 Å². The van der Waals surface area contributed by atoms with Crippen LogP contribution in [0.4, 0.5) is 0 Å². The van der Waals surface area contributed by atoms with E-state index in [0.29, 0.717) is 28.5 Å². The summed E-state index contributed by atoms with van der Waals surface area (Å²) in [5.41, 5.74) is 1.33. The molecule has 0 bridgehead atoms. The Morgan fingerprint density at radius 1 is 1.36 bits per heavy atom. The molecule has 1 aromatic carbocycles. The molecule has 3 rings (SSSR count). The van der Waals surface area contributed by atoms with E-state index in [1.54, 1.807) is 39.6 Å². The van der Waals surface area contributed by atoms with Crippen LogP contribution >= 0.6 is 11.3 Å². The molecule has 0 saturated carbocycles. The van der Waals surface area contributed by atoms with Gasteiger partial charge in [0, 0.05) is 31.9 Å². The Bertz CT molecular complexity index is 1010. The van der Waals surface area contributed by atoms with Crippen molar-refractivity contribution in [1.82, 2.24) is 14.3 Å². The van der Waals surface area contributed by atoms with Gasteiger partial charge in [0.25, 0.3) is 5.91 Å². The fourth-order valence-corrected chi connectivity index (χ4v) is 3.56. The molecule has 7 nitrogen and oxygen atoms in total. The molecule has 8 heteroatoms. The third-order valence-electron chi connectivity index (χ3n) is 3.74. The monoisotopic (exact) mass is 358 g/mol. The van der Waals surface area contributed by atoms with Gasteiger partial charge < -0.3 is 14.0 Å². The molecule has 2 aromatic heterocycles. The maximum atomic E-state index is 12.5. The number of aryl methyl sites for hydroxylation is 1. The number of hydrogen-bond acceptors (Lipinski definition) is 5. The van der Waals surface area contributed by atoms with Crippen molar-refractivity contribution < 1.29 is 14.3 Å². The second kappa shape index (κ2) is 6.94. The number of aromatic nitrogens is 3. The molecule has 25 heavy (non-hydrogen) atoms. The van der Waals surface area contributed by atoms with Gasteiger partial charge in [0.15, 0.2) is 16.3 Å². The number of methoxy groups -OCH3 is 2. The molecule has 0 spiro atoms. The Morgan fingerprint density at radius 2 is 2.08 bits per heavy atom. The van der Waals surface area contributed by atoms with E-state index in [-0.39, 0.29) is 5.91 Å². The SMILES string of the molecule is C=CCn1c(=NC(=O)c2ccnn2C)sc2cc(OC)c(OC)cc21. The maximum absolute atomic E-state index is 12.5. The highest BCUT2D eigenvalue weighted by Crippen LogP contribution is 2.33. The summed E-state index contributed by atoms with van der Waals surface area (Å²) < 4.78 is 15.1. The van der Waals surface area contributed by atoms with Crippen LogP contribution in [0.5, 0.6) is 11.5 Å². The molecule has 3 aromatic rings. The van der Waals surface area contributed by atoms with E-state index in [2.05, 4.69) is 16.7 Å². The maximum Gasteiger partial charge on any atom is 0.297 e. The molecule has 130 valence electrons. The summed E-state index contributed by atoms with van der Waals surface area (Å²) in [6.07, 6.45) is 3.33. The fraction of sp³-hybridized carbons (Fsp3) is 0.235. The minimum absolute atomic E-state index is 0.344. The molecule has 0 fully saturated rings. The molecule has 0 saturated heterocycles. The molecule has 0 aliphatic rings. The second-order valence-corrected chi connectivity index (χ2v) is 6.22. The molecule has 0 unspecified atom stereocenters. The summed E-state index contributed by atoms with van der Waals surface area (Å²) >= 11 is 1.41. The Hall–Kier alpha value is -2.87. The molecule has 0 atom stereocenters. The molecule has 1 amide bonds. The van der Waals surface area contributed by atoms with E-state index in [1.165, 1.54) is 16.0 Å². The van der Waals surface area contributed by atoms with Gasteiger partial charge in [-0.1, -0.05) is 17.4 Å². The van der Waals surface area contributed by atoms with E-state index in [0.717, 1.165) is 10.2 Å². The van der Waals surface area contributed by atoms with E-state index in [4.69, 9.17) is 9.47 Å². The summed E-state index contributed by atoms with van der Waals surface area (Å²) in [7, 11) is 4.89. The van der Waals surface area contributed by atoms with Crippen LogP contribution in [0.2, 0.25) is 0 Å². The number of fused-ring (bicyclic) bond motifs is 1. The zero-order chi connectivity index (χ0) is 18.0. The number of ether oxygens (including phenoxy) is 2. The summed E-state index contributed by atoms with van der Waals surface area (Å²) in [6.45, 7) is 4.31. The van der Waals surface area contributed by atoms with Crippen molar-refractivity contribution in [2.75, 3.05) is 14.2 Å². The van der Waals surface area contributed by atoms with Gasteiger partial charge in [0.2, 0.25) is 0 Å². The highest BCUT2D eigenvalue weighted by Gasteiger charge is 2.14. The van der Waals surface area contributed by atoms with Crippen LogP contribution in [0.15, 0.2) is 42.0 Å². The van der Waals surface area contributed by atoms with Gasteiger partial charge in [-0.3, -0.25) is 9.48 Å². The van der Waals surface area contributed by atoms with Crippen LogP contribution in [0.25, 0.3) is 10.2 Å². The predicted octanol–water partition coefficient (Wildman–Crippen LogP) is 2.38. The number of amides is 1. The van der Waals surface area contributed by atoms with Gasteiger partial charge in [0.05, 0.1) is 24.4 Å². The number of nitrogens with zero attached hydrogens (tertiary/aromatic N) is 4. The van der Waals surface area contributed by atoms with Crippen LogP contribution in [0.1, 0.15) is 10.5 Å². The summed E-state index contributed by atoms with van der Waals surface area (Å²) in [4.78, 5) is 17.3. The van der Waals surface area contributed by atoms with Crippen molar-refractivity contribution in [3.63, 3.8) is 0 Å². The van der Waals surface area contributed by atoms with Crippen molar-refractivity contribution in [2.24, 2.45) is 12.0 Å². The largest absolute Gasteiger partial charge is 0.493 e. The first-order valence-corrected chi connectivity index (χ1v) is 8.34. The van der Waals surface area contributed by atoms with Crippen LogP contribution in [0, 0.1) is 0 Å². The topological polar surface area (TPSA) is 70.6 Å². The number of rotatable bonds is 5. The number of hydrogen-bond donors (Lipinski definition) is 0. The average Bonchev–Trinajstić information content (AvgIpc) is 3.17. The number of carbonyl (C=O) groups excluding carboxylic acids is 1. The van der Waals surface area contributed by atoms with Crippen LogP contribution in [-0.2, 0) is 13.6 Å². The van der Waals surface area contributed by atoms with Gasteiger partial charge in [-0.15, -0.1) is 6.58 Å². The Kier molecular flexibility index (Phi) is 4.71. The first-order valence-electron chi connectivity index (χ1n) is 7.52. The third kappa shape index (κ3) is 3.08. The van der Waals surface area contributed by atoms with Gasteiger partial charge >= 0.3 is 0 Å². The first-order chi connectivity index (χ1) is 12.1. The Morgan fingerprint density at radius 3 is 2.68 bits per heavy atom. The van der Waals surface area contributed by atoms with E-state index in [1.807, 2.05) is 16.7 Å². The van der Waals surface area contributed by atoms with E-state index < -0.39 is 0 Å². The van der Waals surface area contributed by atoms with E-state index in [9.17, 15) is 4.79 Å². The summed E-state index contributed by atoms with van der Waals surface area (Å²) in [5.74, 6) is 0.907. The van der Waals surface area contributed by atoms with Crippen molar-refractivity contribution in [3.8, 4) is 11.5 Å². The van der Waals surface area contributed by atoms with Gasteiger partial charge in [-0.05, 0) is 6.07 Å². The number of allylic oxidation sites excluding steroid dienone is 1. The molecule has 2 heterocycles. The number of thiazole rings is 1. The van der Waals surface area contributed by atoms with Crippen LogP contribution in [-0.4, -0.2) is 34.5 Å². The second-order valence-electron chi connectivity index (χ2n) is 5.22. The minimum atomic E-state index is -0.344. The van der Waals surface area contributed by atoms with Gasteiger partial charge in [0.1, 0.15) is 5.69 Å². The number of benzene rings is 1. The molecule has 0 aliphatic carbocycles. The average molecular weight is 358 g/mol. The molecule has 0 radical (unpaired) electrons. The summed E-state index contributed by atoms with van der Waals surface area (Å²) in [6, 6.07) is 5.40. The molecular weight excluding hydrogens is 340 g/mol. The quantitative estimate of drug-likeness (QED) is 0.657. The lowest BCUT2D eigenvalue weighted by Gasteiger charge is -2.08. The molecule has 0 N–H and O–H groups in total. The summed E-state index contributed by atoms with van der Waals surface area (Å²) in [5, 5.41) is 4.01. The Labute approximate surface area is 148 Å². The van der Waals surface area contributed by atoms with Crippen molar-refractivity contribution >= 4 is 27.5 Å². The lowest BCUT2D eigenvalue weighted by Crippen LogP contribution is -2.17. The predicted molar refractivity (Wildman–Crippen MR) is 96.2 cm³/mol. The highest BCUT2D eigenvalue weighted by atomic mass is 32.1. The van der Waals surface area contributed by atoms with Crippen molar-refractivity contribution in [3.05, 3.63) is 47.5 Å². The number of carbonyl (C=O) groups is 1. The van der Waals surface area contributed by atoms with Crippen LogP contribution < -0.4 is 14.3 Å². The van der Waals surface area contributed by atoms with Gasteiger partial charge in [-0.25, -0.2) is 0 Å². The van der Waals surface area contributed by atoms with Crippen molar-refractivity contribution in [1.29, 1.82) is 0 Å². The smallest absolute Gasteiger partial charge is 0.297 e. The zero-order valence-corrected chi connectivity index (χ0v) is 15.0.